The number of aryl methyl sites for hydroxylation is 2. The lowest BCUT2D eigenvalue weighted by Crippen LogP contribution is -2.09. The third-order valence-electron chi connectivity index (χ3n) is 4.18. The van der Waals surface area contributed by atoms with Crippen LogP contribution in [0.15, 0.2) is 35.3 Å². The average molecular weight is 351 g/mol. The molecule has 2 N–H and O–H groups in total. The summed E-state index contributed by atoms with van der Waals surface area (Å²) in [5, 5.41) is 8.56. The molecule has 1 aromatic heterocycles. The molecule has 2 rings (SSSR count). The fourth-order valence-electron chi connectivity index (χ4n) is 2.92. The van der Waals surface area contributed by atoms with Gasteiger partial charge in [0.15, 0.2) is 5.84 Å². The Labute approximate surface area is 157 Å². The number of allylic oxidation sites excluding steroid dienone is 1. The van der Waals surface area contributed by atoms with E-state index in [0.29, 0.717) is 5.84 Å². The van der Waals surface area contributed by atoms with Crippen LogP contribution in [-0.2, 0) is 6.42 Å². The molecular formula is C22H30N4. The zero-order valence-corrected chi connectivity index (χ0v) is 16.4. The number of hydrogen-bond acceptors (Lipinski definition) is 2. The number of nitrogens with zero attached hydrogens (tertiary/aromatic N) is 2. The van der Waals surface area contributed by atoms with Crippen LogP contribution in [0.25, 0.3) is 6.08 Å². The van der Waals surface area contributed by atoms with E-state index in [9.17, 15) is 0 Å². The standard InChI is InChI=1S/C22H30N4/c1-5-8-13-17-14-9-10-15-18(17)22(23)25-19(11-6-2)21-16(4)24-20(26-21)12-7-3/h8-10,13-15,23H,5-7,11-12H2,1-4H3,(H,24,26)/b13-8-,23-22?,25-19?. The molecule has 4 nitrogen and oxygen atoms in total. The van der Waals surface area contributed by atoms with Gasteiger partial charge in [0.2, 0.25) is 0 Å². The minimum absolute atomic E-state index is 0.296. The fraction of sp³-hybridized carbons (Fsp3) is 0.409. The van der Waals surface area contributed by atoms with Crippen LogP contribution in [0.4, 0.5) is 0 Å². The Hall–Kier alpha value is -2.49. The molecule has 0 amide bonds. The van der Waals surface area contributed by atoms with Gasteiger partial charge < -0.3 is 4.98 Å². The highest BCUT2D eigenvalue weighted by Gasteiger charge is 2.14. The molecule has 4 heteroatoms. The van der Waals surface area contributed by atoms with E-state index in [-0.39, 0.29) is 0 Å². The number of imidazole rings is 1. The van der Waals surface area contributed by atoms with Gasteiger partial charge in [-0.15, -0.1) is 0 Å². The second-order valence-corrected chi connectivity index (χ2v) is 6.46. The van der Waals surface area contributed by atoms with E-state index < -0.39 is 0 Å². The van der Waals surface area contributed by atoms with Crippen molar-refractivity contribution in [2.24, 2.45) is 4.99 Å². The van der Waals surface area contributed by atoms with Crippen LogP contribution in [0, 0.1) is 12.3 Å². The summed E-state index contributed by atoms with van der Waals surface area (Å²) in [5.74, 6) is 1.30. The molecule has 26 heavy (non-hydrogen) atoms. The maximum Gasteiger partial charge on any atom is 0.152 e. The molecule has 1 heterocycles. The molecular weight excluding hydrogens is 320 g/mol. The lowest BCUT2D eigenvalue weighted by Gasteiger charge is -2.07. The number of aromatic amines is 1. The SMILES string of the molecule is CC/C=C\c1ccccc1C(=N)N=C(CCC)c1nc(CCC)[nH]c1C. The third-order valence-corrected chi connectivity index (χ3v) is 4.18. The van der Waals surface area contributed by atoms with Gasteiger partial charge in [-0.25, -0.2) is 9.98 Å². The number of aliphatic imine (C=N–C) groups is 1. The lowest BCUT2D eigenvalue weighted by molar-refractivity contribution is 0.853. The highest BCUT2D eigenvalue weighted by atomic mass is 15.0. The van der Waals surface area contributed by atoms with Crippen LogP contribution in [0.3, 0.4) is 0 Å². The zero-order chi connectivity index (χ0) is 18.9. The first-order chi connectivity index (χ1) is 12.6. The third kappa shape index (κ3) is 5.01. The molecule has 0 aliphatic heterocycles. The van der Waals surface area contributed by atoms with Gasteiger partial charge in [-0.2, -0.15) is 0 Å². The van der Waals surface area contributed by atoms with Crippen molar-refractivity contribution < 1.29 is 0 Å². The number of rotatable bonds is 8. The molecule has 0 aliphatic rings. The van der Waals surface area contributed by atoms with Gasteiger partial charge in [-0.3, -0.25) is 5.41 Å². The summed E-state index contributed by atoms with van der Waals surface area (Å²) < 4.78 is 0. The molecule has 0 atom stereocenters. The highest BCUT2D eigenvalue weighted by molar-refractivity contribution is 6.12. The van der Waals surface area contributed by atoms with E-state index >= 15 is 0 Å². The van der Waals surface area contributed by atoms with Crippen LogP contribution in [-0.4, -0.2) is 21.5 Å². The van der Waals surface area contributed by atoms with Crippen molar-refractivity contribution in [3.05, 3.63) is 58.7 Å². The quantitative estimate of drug-likeness (QED) is 0.465. The molecule has 0 spiro atoms. The van der Waals surface area contributed by atoms with Gasteiger partial charge in [0, 0.05) is 17.7 Å². The molecule has 0 unspecified atom stereocenters. The van der Waals surface area contributed by atoms with Crippen LogP contribution < -0.4 is 0 Å². The summed E-state index contributed by atoms with van der Waals surface area (Å²) in [7, 11) is 0. The maximum atomic E-state index is 8.56. The summed E-state index contributed by atoms with van der Waals surface area (Å²) in [6.07, 6.45) is 8.92. The summed E-state index contributed by atoms with van der Waals surface area (Å²) in [6, 6.07) is 7.95. The number of H-pyrrole nitrogens is 1. The smallest absolute Gasteiger partial charge is 0.152 e. The molecule has 0 saturated carbocycles. The second kappa shape index (κ2) is 9.85. The van der Waals surface area contributed by atoms with Gasteiger partial charge in [-0.05, 0) is 31.7 Å². The van der Waals surface area contributed by atoms with Crippen LogP contribution in [0.1, 0.15) is 74.8 Å². The van der Waals surface area contributed by atoms with Crippen molar-refractivity contribution in [1.82, 2.24) is 9.97 Å². The van der Waals surface area contributed by atoms with Gasteiger partial charge in [0.25, 0.3) is 0 Å². The fourth-order valence-corrected chi connectivity index (χ4v) is 2.92. The Kier molecular flexibility index (Phi) is 7.52. The maximum absolute atomic E-state index is 8.56. The minimum Gasteiger partial charge on any atom is -0.346 e. The number of aromatic nitrogens is 2. The van der Waals surface area contributed by atoms with E-state index in [1.807, 2.05) is 31.2 Å². The predicted molar refractivity (Wildman–Crippen MR) is 111 cm³/mol. The summed E-state index contributed by atoms with van der Waals surface area (Å²) in [6.45, 7) is 8.42. The normalized spacial score (nSPS) is 12.1. The lowest BCUT2D eigenvalue weighted by atomic mass is 10.1. The Morgan fingerprint density at radius 2 is 1.96 bits per heavy atom. The highest BCUT2D eigenvalue weighted by Crippen LogP contribution is 2.16. The minimum atomic E-state index is 0.296. The molecule has 138 valence electrons. The first-order valence-corrected chi connectivity index (χ1v) is 9.58. The Morgan fingerprint density at radius 3 is 2.65 bits per heavy atom. The molecule has 0 bridgehead atoms. The van der Waals surface area contributed by atoms with Crippen molar-refractivity contribution >= 4 is 17.6 Å². The monoisotopic (exact) mass is 350 g/mol. The molecule has 0 fully saturated rings. The van der Waals surface area contributed by atoms with E-state index in [2.05, 4.69) is 37.9 Å². The Bertz CT molecular complexity index is 796. The predicted octanol–water partition coefficient (Wildman–Crippen LogP) is 5.71. The molecule has 1 aromatic carbocycles. The number of nitrogens with one attached hydrogen (secondary N) is 2. The summed E-state index contributed by atoms with van der Waals surface area (Å²) in [5.41, 5.74) is 4.72. The molecule has 0 radical (unpaired) electrons. The van der Waals surface area contributed by atoms with E-state index in [4.69, 9.17) is 15.4 Å². The van der Waals surface area contributed by atoms with Crippen molar-refractivity contribution in [3.63, 3.8) is 0 Å². The van der Waals surface area contributed by atoms with Gasteiger partial charge in [0.05, 0.1) is 5.71 Å². The van der Waals surface area contributed by atoms with Gasteiger partial charge in [0.1, 0.15) is 11.5 Å². The average Bonchev–Trinajstić information content (AvgIpc) is 3.00. The largest absolute Gasteiger partial charge is 0.346 e. The summed E-state index contributed by atoms with van der Waals surface area (Å²) in [4.78, 5) is 12.8. The number of benzene rings is 1. The van der Waals surface area contributed by atoms with E-state index in [1.165, 1.54) is 0 Å². The summed E-state index contributed by atoms with van der Waals surface area (Å²) >= 11 is 0. The van der Waals surface area contributed by atoms with Crippen LogP contribution in [0.2, 0.25) is 0 Å². The van der Waals surface area contributed by atoms with E-state index in [0.717, 1.165) is 66.2 Å². The zero-order valence-electron chi connectivity index (χ0n) is 16.4. The molecule has 0 saturated heterocycles. The van der Waals surface area contributed by atoms with Crippen molar-refractivity contribution in [2.45, 2.75) is 59.8 Å². The topological polar surface area (TPSA) is 64.9 Å². The first-order valence-electron chi connectivity index (χ1n) is 9.58. The van der Waals surface area contributed by atoms with E-state index in [1.54, 1.807) is 0 Å². The van der Waals surface area contributed by atoms with Crippen molar-refractivity contribution in [2.75, 3.05) is 0 Å². The first kappa shape index (κ1) is 19.8. The molecule has 0 aliphatic carbocycles. The Morgan fingerprint density at radius 1 is 1.19 bits per heavy atom. The van der Waals surface area contributed by atoms with Crippen LogP contribution in [0.5, 0.6) is 0 Å². The number of hydrogen-bond donors (Lipinski definition) is 2. The van der Waals surface area contributed by atoms with Gasteiger partial charge >= 0.3 is 0 Å². The Balaban J connectivity index is 2.40. The second-order valence-electron chi connectivity index (χ2n) is 6.46. The van der Waals surface area contributed by atoms with Crippen molar-refractivity contribution in [3.8, 4) is 0 Å². The van der Waals surface area contributed by atoms with Gasteiger partial charge in [-0.1, -0.05) is 63.6 Å². The van der Waals surface area contributed by atoms with Crippen molar-refractivity contribution in [1.29, 1.82) is 5.41 Å². The molecule has 2 aromatic rings. The number of amidine groups is 1. The van der Waals surface area contributed by atoms with Crippen LogP contribution >= 0.6 is 0 Å².